The number of pyridine rings is 1. The maximum absolute atomic E-state index is 13.4. The third-order valence-electron chi connectivity index (χ3n) is 6.06. The van der Waals surface area contributed by atoms with E-state index in [1.807, 2.05) is 52.1 Å². The van der Waals surface area contributed by atoms with Gasteiger partial charge in [-0.3, -0.25) is 4.79 Å². The van der Waals surface area contributed by atoms with Crippen molar-refractivity contribution >= 4 is 5.91 Å². The molecule has 0 bridgehead atoms. The smallest absolute Gasteiger partial charge is 0.253 e. The van der Waals surface area contributed by atoms with Gasteiger partial charge in [-0.05, 0) is 48.7 Å². The molecule has 34 heavy (non-hydrogen) atoms. The molecule has 0 aliphatic carbocycles. The van der Waals surface area contributed by atoms with Gasteiger partial charge in [-0.1, -0.05) is 24.3 Å². The van der Waals surface area contributed by atoms with Gasteiger partial charge in [-0.2, -0.15) is 0 Å². The molecule has 5 rings (SSSR count). The molecule has 0 saturated carbocycles. The number of rotatable bonds is 6. The third-order valence-corrected chi connectivity index (χ3v) is 6.06. The second-order valence-electron chi connectivity index (χ2n) is 8.46. The van der Waals surface area contributed by atoms with E-state index in [1.165, 1.54) is 12.1 Å². The summed E-state index contributed by atoms with van der Waals surface area (Å²) in [6.07, 6.45) is 7.09. The summed E-state index contributed by atoms with van der Waals surface area (Å²) >= 11 is 0. The van der Waals surface area contributed by atoms with E-state index in [9.17, 15) is 9.18 Å². The number of hydrogen-bond donors (Lipinski definition) is 0. The first-order valence-corrected chi connectivity index (χ1v) is 11.4. The van der Waals surface area contributed by atoms with Crippen LogP contribution in [0.4, 0.5) is 4.39 Å². The number of piperidine rings is 1. The second-order valence-corrected chi connectivity index (χ2v) is 8.46. The Kier molecular flexibility index (Phi) is 6.33. The van der Waals surface area contributed by atoms with Gasteiger partial charge in [0, 0.05) is 61.3 Å². The van der Waals surface area contributed by atoms with E-state index in [0.717, 1.165) is 24.1 Å². The zero-order valence-corrected chi connectivity index (χ0v) is 18.7. The first kappa shape index (κ1) is 21.8. The third kappa shape index (κ3) is 5.14. The van der Waals surface area contributed by atoms with Crippen LogP contribution in [0.3, 0.4) is 0 Å². The predicted molar refractivity (Wildman–Crippen MR) is 126 cm³/mol. The second kappa shape index (κ2) is 9.87. The van der Waals surface area contributed by atoms with Gasteiger partial charge < -0.3 is 14.2 Å². The maximum Gasteiger partial charge on any atom is 0.253 e. The quantitative estimate of drug-likeness (QED) is 0.396. The first-order chi connectivity index (χ1) is 16.6. The minimum atomic E-state index is -0.349. The SMILES string of the molecule is O=C(c1cccc(Cn2ccnc2)c1)N1CCC(c2cccc(Oc3cccc(F)c3)n2)CC1. The van der Waals surface area contributed by atoms with Crippen molar-refractivity contribution in [2.45, 2.75) is 25.3 Å². The number of ether oxygens (including phenoxy) is 1. The lowest BCUT2D eigenvalue weighted by atomic mass is 9.92. The molecule has 3 heterocycles. The Morgan fingerprint density at radius 3 is 2.65 bits per heavy atom. The Labute approximate surface area is 197 Å². The van der Waals surface area contributed by atoms with Crippen LogP contribution < -0.4 is 4.74 Å². The van der Waals surface area contributed by atoms with E-state index < -0.39 is 0 Å². The minimum Gasteiger partial charge on any atom is -0.439 e. The molecular weight excluding hydrogens is 431 g/mol. The molecule has 172 valence electrons. The van der Waals surface area contributed by atoms with Crippen molar-refractivity contribution in [3.8, 4) is 11.6 Å². The molecule has 0 radical (unpaired) electrons. The van der Waals surface area contributed by atoms with Crippen molar-refractivity contribution < 1.29 is 13.9 Å². The molecule has 2 aromatic carbocycles. The molecule has 6 nitrogen and oxygen atoms in total. The van der Waals surface area contributed by atoms with E-state index in [4.69, 9.17) is 4.74 Å². The van der Waals surface area contributed by atoms with Crippen LogP contribution in [0.2, 0.25) is 0 Å². The average Bonchev–Trinajstić information content (AvgIpc) is 3.37. The highest BCUT2D eigenvalue weighted by atomic mass is 19.1. The largest absolute Gasteiger partial charge is 0.439 e. The van der Waals surface area contributed by atoms with Crippen molar-refractivity contribution in [1.82, 2.24) is 19.4 Å². The number of carbonyl (C=O) groups is 1. The predicted octanol–water partition coefficient (Wildman–Crippen LogP) is 5.28. The number of likely N-dealkylation sites (tertiary alicyclic amines) is 1. The van der Waals surface area contributed by atoms with Gasteiger partial charge in [-0.25, -0.2) is 14.4 Å². The number of hydrogen-bond acceptors (Lipinski definition) is 4. The molecule has 0 unspecified atom stereocenters. The fraction of sp³-hybridized carbons (Fsp3) is 0.222. The number of nitrogens with zero attached hydrogens (tertiary/aromatic N) is 4. The van der Waals surface area contributed by atoms with E-state index in [1.54, 1.807) is 30.7 Å². The number of benzene rings is 2. The van der Waals surface area contributed by atoms with Crippen molar-refractivity contribution in [1.29, 1.82) is 0 Å². The lowest BCUT2D eigenvalue weighted by molar-refractivity contribution is 0.0712. The van der Waals surface area contributed by atoms with E-state index in [2.05, 4.69) is 9.97 Å². The van der Waals surface area contributed by atoms with Gasteiger partial charge in [0.25, 0.3) is 5.91 Å². The van der Waals surface area contributed by atoms with Crippen LogP contribution in [0.25, 0.3) is 0 Å². The zero-order chi connectivity index (χ0) is 23.3. The summed E-state index contributed by atoms with van der Waals surface area (Å²) in [6.45, 7) is 2.03. The summed E-state index contributed by atoms with van der Waals surface area (Å²) in [7, 11) is 0. The Balaban J connectivity index is 1.21. The molecule has 0 spiro atoms. The highest BCUT2D eigenvalue weighted by Crippen LogP contribution is 2.30. The number of carbonyl (C=O) groups excluding carboxylic acids is 1. The van der Waals surface area contributed by atoms with Crippen LogP contribution in [0.15, 0.2) is 85.5 Å². The highest BCUT2D eigenvalue weighted by Gasteiger charge is 2.25. The molecule has 1 aliphatic heterocycles. The first-order valence-electron chi connectivity index (χ1n) is 11.4. The van der Waals surface area contributed by atoms with Crippen LogP contribution in [0, 0.1) is 5.82 Å². The van der Waals surface area contributed by atoms with Crippen LogP contribution in [0.1, 0.15) is 40.4 Å². The number of imidazole rings is 1. The lowest BCUT2D eigenvalue weighted by Gasteiger charge is -2.32. The number of aromatic nitrogens is 3. The summed E-state index contributed by atoms with van der Waals surface area (Å²) in [5, 5.41) is 0. The maximum atomic E-state index is 13.4. The summed E-state index contributed by atoms with van der Waals surface area (Å²) in [4.78, 5) is 23.8. The van der Waals surface area contributed by atoms with Gasteiger partial charge in [0.15, 0.2) is 0 Å². The summed E-state index contributed by atoms with van der Waals surface area (Å²) < 4.78 is 21.2. The molecule has 7 heteroatoms. The Morgan fingerprint density at radius 1 is 1.03 bits per heavy atom. The van der Waals surface area contributed by atoms with Crippen molar-refractivity contribution in [2.24, 2.45) is 0 Å². The Hall–Kier alpha value is -4.00. The van der Waals surface area contributed by atoms with Crippen LogP contribution in [-0.4, -0.2) is 38.4 Å². The van der Waals surface area contributed by atoms with Crippen molar-refractivity contribution in [2.75, 3.05) is 13.1 Å². The zero-order valence-electron chi connectivity index (χ0n) is 18.7. The molecule has 4 aromatic rings. The van der Waals surface area contributed by atoms with E-state index >= 15 is 0 Å². The monoisotopic (exact) mass is 456 g/mol. The van der Waals surface area contributed by atoms with E-state index in [-0.39, 0.29) is 17.6 Å². The molecule has 1 fully saturated rings. The Bertz CT molecular complexity index is 1270. The lowest BCUT2D eigenvalue weighted by Crippen LogP contribution is -2.38. The fourth-order valence-corrected chi connectivity index (χ4v) is 4.32. The molecule has 2 aromatic heterocycles. The molecule has 1 aliphatic rings. The summed E-state index contributed by atoms with van der Waals surface area (Å²) in [6, 6.07) is 19.5. The minimum absolute atomic E-state index is 0.0575. The molecule has 0 atom stereocenters. The fourth-order valence-electron chi connectivity index (χ4n) is 4.32. The van der Waals surface area contributed by atoms with Crippen molar-refractivity contribution in [3.05, 3.63) is 108 Å². The average molecular weight is 457 g/mol. The molecular formula is C27H25FN4O2. The topological polar surface area (TPSA) is 60.2 Å². The number of amides is 1. The van der Waals surface area contributed by atoms with Crippen molar-refractivity contribution in [3.63, 3.8) is 0 Å². The summed E-state index contributed by atoms with van der Waals surface area (Å²) in [5.74, 6) is 0.810. The number of halogens is 1. The summed E-state index contributed by atoms with van der Waals surface area (Å²) in [5.41, 5.74) is 2.71. The standard InChI is InChI=1S/C27H25FN4O2/c28-23-6-2-7-24(17-23)34-26-9-3-8-25(30-26)21-10-13-32(14-11-21)27(33)22-5-1-4-20(16-22)18-31-15-12-29-19-31/h1-9,12,15-17,19,21H,10-11,13-14,18H2. The normalized spacial score (nSPS) is 14.2. The molecule has 1 amide bonds. The van der Waals surface area contributed by atoms with Gasteiger partial charge in [0.2, 0.25) is 5.88 Å². The van der Waals surface area contributed by atoms with Gasteiger partial charge >= 0.3 is 0 Å². The van der Waals surface area contributed by atoms with Crippen LogP contribution in [-0.2, 0) is 6.54 Å². The van der Waals surface area contributed by atoms with Gasteiger partial charge in [-0.15, -0.1) is 0 Å². The van der Waals surface area contributed by atoms with Gasteiger partial charge in [0.05, 0.1) is 6.33 Å². The van der Waals surface area contributed by atoms with Gasteiger partial charge in [0.1, 0.15) is 11.6 Å². The van der Waals surface area contributed by atoms with E-state index in [0.29, 0.717) is 36.8 Å². The molecule has 0 N–H and O–H groups in total. The van der Waals surface area contributed by atoms with Crippen LogP contribution >= 0.6 is 0 Å². The highest BCUT2D eigenvalue weighted by molar-refractivity contribution is 5.94. The molecule has 1 saturated heterocycles. The Morgan fingerprint density at radius 2 is 1.85 bits per heavy atom. The van der Waals surface area contributed by atoms with Crippen LogP contribution in [0.5, 0.6) is 11.6 Å².